The van der Waals surface area contributed by atoms with Gasteiger partial charge in [0.1, 0.15) is 0 Å². The number of rotatable bonds is 5. The predicted octanol–water partition coefficient (Wildman–Crippen LogP) is 1.28. The molecule has 2 fully saturated rings. The van der Waals surface area contributed by atoms with Crippen molar-refractivity contribution in [2.75, 3.05) is 0 Å². The average molecular weight is 268 g/mol. The first-order chi connectivity index (χ1) is 9.06. The Balaban J connectivity index is 1.76. The molecule has 0 aromatic heterocycles. The Labute approximate surface area is 114 Å². The lowest BCUT2D eigenvalue weighted by Gasteiger charge is -2.24. The molecule has 5 heteroatoms. The molecule has 4 atom stereocenters. The van der Waals surface area contributed by atoms with Crippen LogP contribution < -0.4 is 10.6 Å². The van der Waals surface area contributed by atoms with Crippen LogP contribution in [0.5, 0.6) is 0 Å². The largest absolute Gasteiger partial charge is 0.481 e. The summed E-state index contributed by atoms with van der Waals surface area (Å²) in [5.41, 5.74) is 0. The normalized spacial score (nSPS) is 31.5. The van der Waals surface area contributed by atoms with Crippen molar-refractivity contribution in [3.63, 3.8) is 0 Å². The van der Waals surface area contributed by atoms with Gasteiger partial charge in [0.2, 0.25) is 5.91 Å². The number of carbonyl (C=O) groups is 2. The van der Waals surface area contributed by atoms with E-state index >= 15 is 0 Å². The summed E-state index contributed by atoms with van der Waals surface area (Å²) in [4.78, 5) is 22.6. The Morgan fingerprint density at radius 3 is 2.79 bits per heavy atom. The molecule has 5 nitrogen and oxygen atoms in total. The van der Waals surface area contributed by atoms with Gasteiger partial charge in [0.05, 0.1) is 6.04 Å². The Bertz CT molecular complexity index is 332. The topological polar surface area (TPSA) is 78.4 Å². The van der Waals surface area contributed by atoms with Crippen LogP contribution in [-0.2, 0) is 9.59 Å². The second kappa shape index (κ2) is 6.37. The Kier molecular flexibility index (Phi) is 4.80. The summed E-state index contributed by atoms with van der Waals surface area (Å²) in [6.07, 6.45) is 6.48. The molecule has 3 N–H and O–H groups in total. The molecule has 0 aromatic carbocycles. The van der Waals surface area contributed by atoms with Crippen LogP contribution in [0.3, 0.4) is 0 Å². The smallest absolute Gasteiger partial charge is 0.303 e. The molecule has 1 aliphatic heterocycles. The summed E-state index contributed by atoms with van der Waals surface area (Å²) >= 11 is 0. The summed E-state index contributed by atoms with van der Waals surface area (Å²) in [5, 5.41) is 15.0. The molecule has 1 aliphatic carbocycles. The van der Waals surface area contributed by atoms with Crippen LogP contribution in [0.2, 0.25) is 0 Å². The van der Waals surface area contributed by atoms with E-state index < -0.39 is 5.97 Å². The highest BCUT2D eigenvalue weighted by Gasteiger charge is 2.38. The standard InChI is InChI=1S/C14H24N2O3/c1-9(6-7-13(17)18)15-14(19)12-8-10-4-2-3-5-11(10)16-12/h9-12,16H,2-8H2,1H3,(H,15,19)(H,17,18). The average Bonchev–Trinajstić information content (AvgIpc) is 2.80. The van der Waals surface area contributed by atoms with E-state index in [1.54, 1.807) is 0 Å². The second-order valence-electron chi connectivity index (χ2n) is 5.95. The number of amides is 1. The van der Waals surface area contributed by atoms with Crippen molar-refractivity contribution in [1.82, 2.24) is 10.6 Å². The minimum atomic E-state index is -0.814. The van der Waals surface area contributed by atoms with Crippen molar-refractivity contribution in [1.29, 1.82) is 0 Å². The third-order valence-electron chi connectivity index (χ3n) is 4.36. The molecular weight excluding hydrogens is 244 g/mol. The zero-order valence-electron chi connectivity index (χ0n) is 11.5. The third kappa shape index (κ3) is 3.93. The first-order valence-corrected chi connectivity index (χ1v) is 7.34. The maximum atomic E-state index is 12.1. The SMILES string of the molecule is CC(CCC(=O)O)NC(=O)C1CC2CCCCC2N1. The zero-order chi connectivity index (χ0) is 13.8. The van der Waals surface area contributed by atoms with Crippen LogP contribution in [0.4, 0.5) is 0 Å². The van der Waals surface area contributed by atoms with Crippen LogP contribution in [0.25, 0.3) is 0 Å². The van der Waals surface area contributed by atoms with Gasteiger partial charge in [-0.3, -0.25) is 9.59 Å². The quantitative estimate of drug-likeness (QED) is 0.702. The lowest BCUT2D eigenvalue weighted by Crippen LogP contribution is -2.46. The number of hydrogen-bond donors (Lipinski definition) is 3. The lowest BCUT2D eigenvalue weighted by atomic mass is 9.85. The van der Waals surface area contributed by atoms with E-state index in [2.05, 4.69) is 10.6 Å². The molecule has 0 spiro atoms. The number of nitrogens with one attached hydrogen (secondary N) is 2. The van der Waals surface area contributed by atoms with E-state index in [9.17, 15) is 9.59 Å². The monoisotopic (exact) mass is 268 g/mol. The number of carboxylic acid groups (broad SMARTS) is 1. The maximum absolute atomic E-state index is 12.1. The van der Waals surface area contributed by atoms with Gasteiger partial charge in [-0.2, -0.15) is 0 Å². The van der Waals surface area contributed by atoms with Crippen molar-refractivity contribution in [3.8, 4) is 0 Å². The number of fused-ring (bicyclic) bond motifs is 1. The first-order valence-electron chi connectivity index (χ1n) is 7.34. The lowest BCUT2D eigenvalue weighted by molar-refractivity contribution is -0.137. The first kappa shape index (κ1) is 14.3. The van der Waals surface area contributed by atoms with Crippen LogP contribution in [0.15, 0.2) is 0 Å². The summed E-state index contributed by atoms with van der Waals surface area (Å²) in [7, 11) is 0. The second-order valence-corrected chi connectivity index (χ2v) is 5.95. The van der Waals surface area contributed by atoms with Crippen molar-refractivity contribution in [2.45, 2.75) is 70.0 Å². The van der Waals surface area contributed by atoms with Crippen LogP contribution >= 0.6 is 0 Å². The molecule has 19 heavy (non-hydrogen) atoms. The predicted molar refractivity (Wildman–Crippen MR) is 71.8 cm³/mol. The molecule has 1 saturated heterocycles. The van der Waals surface area contributed by atoms with E-state index in [0.29, 0.717) is 18.4 Å². The van der Waals surface area contributed by atoms with Gasteiger partial charge in [0.15, 0.2) is 0 Å². The van der Waals surface area contributed by atoms with Crippen LogP contribution in [0, 0.1) is 5.92 Å². The molecule has 1 amide bonds. The van der Waals surface area contributed by atoms with Crippen molar-refractivity contribution < 1.29 is 14.7 Å². The van der Waals surface area contributed by atoms with E-state index in [0.717, 1.165) is 6.42 Å². The van der Waals surface area contributed by atoms with Gasteiger partial charge in [0.25, 0.3) is 0 Å². The minimum absolute atomic E-state index is 0.0345. The molecule has 0 aromatic rings. The zero-order valence-corrected chi connectivity index (χ0v) is 11.5. The van der Waals surface area contributed by atoms with Crippen molar-refractivity contribution in [2.24, 2.45) is 5.92 Å². The Morgan fingerprint density at radius 1 is 1.37 bits per heavy atom. The van der Waals surface area contributed by atoms with Crippen molar-refractivity contribution >= 4 is 11.9 Å². The highest BCUT2D eigenvalue weighted by molar-refractivity contribution is 5.82. The van der Waals surface area contributed by atoms with E-state index in [1.807, 2.05) is 6.92 Å². The molecule has 2 aliphatic rings. The fourth-order valence-electron chi connectivity index (χ4n) is 3.28. The number of aliphatic carboxylic acids is 1. The highest BCUT2D eigenvalue weighted by atomic mass is 16.4. The molecule has 2 rings (SSSR count). The molecule has 1 saturated carbocycles. The maximum Gasteiger partial charge on any atom is 0.303 e. The van der Waals surface area contributed by atoms with Crippen LogP contribution in [-0.4, -0.2) is 35.1 Å². The number of hydrogen-bond acceptors (Lipinski definition) is 3. The number of carbonyl (C=O) groups excluding carboxylic acids is 1. The molecule has 1 heterocycles. The van der Waals surface area contributed by atoms with Crippen LogP contribution in [0.1, 0.15) is 51.9 Å². The van der Waals surface area contributed by atoms with Gasteiger partial charge >= 0.3 is 5.97 Å². The Morgan fingerprint density at radius 2 is 2.11 bits per heavy atom. The highest BCUT2D eigenvalue weighted by Crippen LogP contribution is 2.33. The van der Waals surface area contributed by atoms with Crippen molar-refractivity contribution in [3.05, 3.63) is 0 Å². The van der Waals surface area contributed by atoms with Gasteiger partial charge in [-0.05, 0) is 38.5 Å². The molecule has 0 bridgehead atoms. The van der Waals surface area contributed by atoms with Gasteiger partial charge in [-0.1, -0.05) is 12.8 Å². The van der Waals surface area contributed by atoms with Gasteiger partial charge in [-0.25, -0.2) is 0 Å². The van der Waals surface area contributed by atoms with E-state index in [-0.39, 0.29) is 24.4 Å². The minimum Gasteiger partial charge on any atom is -0.481 e. The van der Waals surface area contributed by atoms with Gasteiger partial charge < -0.3 is 15.7 Å². The molecule has 0 radical (unpaired) electrons. The van der Waals surface area contributed by atoms with Gasteiger partial charge in [-0.15, -0.1) is 0 Å². The summed E-state index contributed by atoms with van der Waals surface area (Å²) in [5.74, 6) is -0.128. The summed E-state index contributed by atoms with van der Waals surface area (Å²) in [6, 6.07) is 0.354. The third-order valence-corrected chi connectivity index (χ3v) is 4.36. The molecule has 4 unspecified atom stereocenters. The van der Waals surface area contributed by atoms with E-state index in [1.165, 1.54) is 25.7 Å². The summed E-state index contributed by atoms with van der Waals surface area (Å²) in [6.45, 7) is 1.86. The molecule has 108 valence electrons. The van der Waals surface area contributed by atoms with Gasteiger partial charge in [0, 0.05) is 18.5 Å². The van der Waals surface area contributed by atoms with E-state index in [4.69, 9.17) is 5.11 Å². The Hall–Kier alpha value is -1.10. The fraction of sp³-hybridized carbons (Fsp3) is 0.857. The molecular formula is C14H24N2O3. The number of carboxylic acids is 1. The fourth-order valence-corrected chi connectivity index (χ4v) is 3.28. The summed E-state index contributed by atoms with van der Waals surface area (Å²) < 4.78 is 0.